The molecule has 6 nitrogen and oxygen atoms in total. The fraction of sp³-hybridized carbons (Fsp3) is 0.857. The number of rotatable bonds is 69. The van der Waals surface area contributed by atoms with Crippen molar-refractivity contribution in [2.75, 3.05) is 13.2 Å². The van der Waals surface area contributed by atoms with Crippen LogP contribution >= 0.6 is 0 Å². The lowest BCUT2D eigenvalue weighted by Gasteiger charge is -2.18. The zero-order chi connectivity index (χ0) is 59.9. The quantitative estimate of drug-likeness (QED) is 0.0261. The molecule has 83 heavy (non-hydrogen) atoms. The molecule has 0 aromatic rings. The SMILES string of the molecule is CCCCC/C=C\CCCCCCCC(=O)OCC(COC(=O)CCCCCCCCCCCCCCCCCCCCCCCCCCCCCC)OC(=O)CCCCCCCCCCCC/C=C\C/C=C\C/C=C\CCCCCCC. The largest absolute Gasteiger partial charge is 0.462 e. The molecule has 0 saturated heterocycles. The minimum absolute atomic E-state index is 0.0730. The van der Waals surface area contributed by atoms with Crippen molar-refractivity contribution in [3.63, 3.8) is 0 Å². The molecule has 0 aromatic heterocycles. The van der Waals surface area contributed by atoms with Crippen LogP contribution in [0.1, 0.15) is 406 Å². The lowest BCUT2D eigenvalue weighted by molar-refractivity contribution is -0.167. The van der Waals surface area contributed by atoms with Gasteiger partial charge in [-0.25, -0.2) is 0 Å². The van der Waals surface area contributed by atoms with Crippen LogP contribution in [0.2, 0.25) is 0 Å². The van der Waals surface area contributed by atoms with E-state index in [1.54, 1.807) is 0 Å². The number of hydrogen-bond acceptors (Lipinski definition) is 6. The molecule has 0 radical (unpaired) electrons. The molecule has 1 unspecified atom stereocenters. The van der Waals surface area contributed by atoms with E-state index in [-0.39, 0.29) is 31.1 Å². The van der Waals surface area contributed by atoms with Crippen molar-refractivity contribution >= 4 is 17.9 Å². The standard InChI is InChI=1S/C77H142O6/c1-4-7-10-13-16-19-22-25-27-29-31-33-35-37-38-39-41-42-44-46-48-50-52-55-58-61-64-67-70-76(79)82-73-74(72-81-75(78)69-66-63-60-57-54-24-21-18-15-12-9-6-3)83-77(80)71-68-65-62-59-56-53-51-49-47-45-43-40-36-34-32-30-28-26-23-20-17-14-11-8-5-2/h18,21,23,26,30,32,36,40,74H,4-17,19-20,22,24-25,27-29,31,33-35,37-39,41-73H2,1-3H3/b21-18-,26-23-,32-30-,40-36-. The van der Waals surface area contributed by atoms with Gasteiger partial charge in [-0.05, 0) is 83.5 Å². The third-order valence-corrected chi connectivity index (χ3v) is 16.8. The first kappa shape index (κ1) is 80.4. The van der Waals surface area contributed by atoms with Gasteiger partial charge < -0.3 is 14.2 Å². The van der Waals surface area contributed by atoms with Crippen molar-refractivity contribution in [3.8, 4) is 0 Å². The predicted molar refractivity (Wildman–Crippen MR) is 362 cm³/mol. The second-order valence-electron chi connectivity index (χ2n) is 25.2. The highest BCUT2D eigenvalue weighted by Crippen LogP contribution is 2.19. The highest BCUT2D eigenvalue weighted by molar-refractivity contribution is 5.71. The van der Waals surface area contributed by atoms with Gasteiger partial charge in [-0.2, -0.15) is 0 Å². The zero-order valence-electron chi connectivity index (χ0n) is 56.0. The average Bonchev–Trinajstić information content (AvgIpc) is 3.49. The Bertz CT molecular complexity index is 1430. The number of carbonyl (C=O) groups excluding carboxylic acids is 3. The molecule has 0 aliphatic carbocycles. The molecule has 0 bridgehead atoms. The van der Waals surface area contributed by atoms with Crippen molar-refractivity contribution in [1.82, 2.24) is 0 Å². The summed E-state index contributed by atoms with van der Waals surface area (Å²) in [6.45, 7) is 6.67. The third-order valence-electron chi connectivity index (χ3n) is 16.8. The first-order valence-electron chi connectivity index (χ1n) is 37.1. The lowest BCUT2D eigenvalue weighted by atomic mass is 10.0. The highest BCUT2D eigenvalue weighted by Gasteiger charge is 2.19. The van der Waals surface area contributed by atoms with E-state index in [0.717, 1.165) is 77.0 Å². The molecule has 0 fully saturated rings. The Kier molecular flexibility index (Phi) is 69.6. The molecule has 486 valence electrons. The van der Waals surface area contributed by atoms with Crippen LogP contribution in [0.5, 0.6) is 0 Å². The van der Waals surface area contributed by atoms with Crippen molar-refractivity contribution in [2.45, 2.75) is 412 Å². The summed E-state index contributed by atoms with van der Waals surface area (Å²) in [5, 5.41) is 0. The molecule has 0 amide bonds. The Balaban J connectivity index is 4.19. The Labute approximate surface area is 518 Å². The number of esters is 3. The Morgan fingerprint density at radius 3 is 0.711 bits per heavy atom. The van der Waals surface area contributed by atoms with Crippen LogP contribution in [0.3, 0.4) is 0 Å². The van der Waals surface area contributed by atoms with Crippen LogP contribution < -0.4 is 0 Å². The summed E-state index contributed by atoms with van der Waals surface area (Å²) in [6.07, 6.45) is 91.6. The maximum atomic E-state index is 13.0. The minimum Gasteiger partial charge on any atom is -0.462 e. The zero-order valence-corrected chi connectivity index (χ0v) is 56.0. The number of unbranched alkanes of at least 4 members (excludes halogenated alkanes) is 50. The van der Waals surface area contributed by atoms with Crippen molar-refractivity contribution in [2.24, 2.45) is 0 Å². The fourth-order valence-electron chi connectivity index (χ4n) is 11.2. The third kappa shape index (κ3) is 70.0. The highest BCUT2D eigenvalue weighted by atomic mass is 16.6. The minimum atomic E-state index is -0.778. The monoisotopic (exact) mass is 1160 g/mol. The van der Waals surface area contributed by atoms with E-state index in [1.165, 1.54) is 289 Å². The van der Waals surface area contributed by atoms with Crippen molar-refractivity contribution < 1.29 is 28.6 Å². The van der Waals surface area contributed by atoms with Crippen LogP contribution in [0.25, 0.3) is 0 Å². The first-order chi connectivity index (χ1) is 41.0. The number of carbonyl (C=O) groups is 3. The second kappa shape index (κ2) is 71.8. The Morgan fingerprint density at radius 2 is 0.434 bits per heavy atom. The van der Waals surface area contributed by atoms with E-state index in [9.17, 15) is 14.4 Å². The van der Waals surface area contributed by atoms with Gasteiger partial charge in [0.25, 0.3) is 0 Å². The predicted octanol–water partition coefficient (Wildman–Crippen LogP) is 25.7. The topological polar surface area (TPSA) is 78.9 Å². The average molecular weight is 1160 g/mol. The first-order valence-corrected chi connectivity index (χ1v) is 37.1. The number of hydrogen-bond donors (Lipinski definition) is 0. The smallest absolute Gasteiger partial charge is 0.306 e. The molecule has 1 atom stereocenters. The van der Waals surface area contributed by atoms with Crippen LogP contribution in [-0.4, -0.2) is 37.2 Å². The van der Waals surface area contributed by atoms with Crippen molar-refractivity contribution in [1.29, 1.82) is 0 Å². The Hall–Kier alpha value is -2.63. The van der Waals surface area contributed by atoms with Gasteiger partial charge in [0.1, 0.15) is 13.2 Å². The summed E-state index contributed by atoms with van der Waals surface area (Å²) in [4.78, 5) is 38.4. The van der Waals surface area contributed by atoms with Gasteiger partial charge in [0.05, 0.1) is 0 Å². The molecule has 0 N–H and O–H groups in total. The molecule has 0 heterocycles. The Morgan fingerprint density at radius 1 is 0.241 bits per heavy atom. The lowest BCUT2D eigenvalue weighted by Crippen LogP contribution is -2.30. The van der Waals surface area contributed by atoms with E-state index < -0.39 is 6.10 Å². The van der Waals surface area contributed by atoms with Gasteiger partial charge in [-0.1, -0.05) is 352 Å². The number of allylic oxidation sites excluding steroid dienone is 8. The van der Waals surface area contributed by atoms with E-state index in [0.29, 0.717) is 19.3 Å². The van der Waals surface area contributed by atoms with Gasteiger partial charge in [0, 0.05) is 19.3 Å². The maximum Gasteiger partial charge on any atom is 0.306 e. The molecule has 0 rings (SSSR count). The molecule has 0 aliphatic rings. The molecule has 0 spiro atoms. The molecule has 6 heteroatoms. The van der Waals surface area contributed by atoms with Crippen LogP contribution in [0.15, 0.2) is 48.6 Å². The van der Waals surface area contributed by atoms with Gasteiger partial charge in [0.15, 0.2) is 6.10 Å². The molecule has 0 aliphatic heterocycles. The van der Waals surface area contributed by atoms with Crippen LogP contribution in [0, 0.1) is 0 Å². The van der Waals surface area contributed by atoms with Crippen LogP contribution in [-0.2, 0) is 28.6 Å². The molecule has 0 saturated carbocycles. The molecule has 0 aromatic carbocycles. The summed E-state index contributed by atoms with van der Waals surface area (Å²) < 4.78 is 17.0. The van der Waals surface area contributed by atoms with Crippen molar-refractivity contribution in [3.05, 3.63) is 48.6 Å². The molecular formula is C77H142O6. The second-order valence-corrected chi connectivity index (χ2v) is 25.2. The van der Waals surface area contributed by atoms with E-state index in [2.05, 4.69) is 69.4 Å². The maximum absolute atomic E-state index is 13.0. The molecular weight excluding hydrogens is 1020 g/mol. The normalized spacial score (nSPS) is 12.3. The van der Waals surface area contributed by atoms with Gasteiger partial charge in [-0.15, -0.1) is 0 Å². The number of ether oxygens (including phenoxy) is 3. The van der Waals surface area contributed by atoms with E-state index in [4.69, 9.17) is 14.2 Å². The summed E-state index contributed by atoms with van der Waals surface area (Å²) in [7, 11) is 0. The van der Waals surface area contributed by atoms with E-state index >= 15 is 0 Å². The summed E-state index contributed by atoms with van der Waals surface area (Å²) in [6, 6.07) is 0. The van der Waals surface area contributed by atoms with Gasteiger partial charge >= 0.3 is 17.9 Å². The fourth-order valence-corrected chi connectivity index (χ4v) is 11.2. The summed E-state index contributed by atoms with van der Waals surface area (Å²) in [5.74, 6) is -0.860. The van der Waals surface area contributed by atoms with Gasteiger partial charge in [0.2, 0.25) is 0 Å². The van der Waals surface area contributed by atoms with Gasteiger partial charge in [-0.3, -0.25) is 14.4 Å². The van der Waals surface area contributed by atoms with Crippen LogP contribution in [0.4, 0.5) is 0 Å². The van der Waals surface area contributed by atoms with E-state index in [1.807, 2.05) is 0 Å². The summed E-state index contributed by atoms with van der Waals surface area (Å²) >= 11 is 0. The summed E-state index contributed by atoms with van der Waals surface area (Å²) in [5.41, 5.74) is 0.